The number of amides is 1. The zero-order valence-corrected chi connectivity index (χ0v) is 13.3. The summed E-state index contributed by atoms with van der Waals surface area (Å²) in [5.74, 6) is -0.707. The molecule has 1 unspecified atom stereocenters. The standard InChI is InChI=1S/C17H19NO5/c1-4-10(2)17(21)22-9-12-7-16(20)23-15-8-13(18-11(3)19)5-6-14(12)15/h5-8,10H,4,9H2,1-3H3,(H,18,19). The molecule has 2 aromatic rings. The van der Waals surface area contributed by atoms with Gasteiger partial charge in [-0.1, -0.05) is 13.8 Å². The fraction of sp³-hybridized carbons (Fsp3) is 0.353. The number of ether oxygens (including phenoxy) is 1. The van der Waals surface area contributed by atoms with E-state index in [-0.39, 0.29) is 24.4 Å². The Balaban J connectivity index is 2.31. The molecule has 1 atom stereocenters. The summed E-state index contributed by atoms with van der Waals surface area (Å²) in [7, 11) is 0. The maximum atomic E-state index is 11.8. The molecule has 23 heavy (non-hydrogen) atoms. The third kappa shape index (κ3) is 4.18. The van der Waals surface area contributed by atoms with Crippen LogP contribution in [0.3, 0.4) is 0 Å². The lowest BCUT2D eigenvalue weighted by Gasteiger charge is -2.11. The summed E-state index contributed by atoms with van der Waals surface area (Å²) in [6.45, 7) is 5.09. The number of hydrogen-bond acceptors (Lipinski definition) is 5. The van der Waals surface area contributed by atoms with E-state index in [1.165, 1.54) is 13.0 Å². The SMILES string of the molecule is CCC(C)C(=O)OCc1cc(=O)oc2cc(NC(C)=O)ccc12. The molecular formula is C17H19NO5. The molecule has 1 heterocycles. The van der Waals surface area contributed by atoms with Crippen LogP contribution in [0.1, 0.15) is 32.8 Å². The minimum atomic E-state index is -0.535. The van der Waals surface area contributed by atoms with Gasteiger partial charge in [0.15, 0.2) is 0 Å². The molecule has 122 valence electrons. The first kappa shape index (κ1) is 16.7. The second-order valence-electron chi connectivity index (χ2n) is 5.40. The van der Waals surface area contributed by atoms with E-state index >= 15 is 0 Å². The monoisotopic (exact) mass is 317 g/mol. The Bertz CT molecular complexity index is 793. The van der Waals surface area contributed by atoms with Crippen molar-refractivity contribution in [2.75, 3.05) is 5.32 Å². The highest BCUT2D eigenvalue weighted by Gasteiger charge is 2.14. The normalized spacial score (nSPS) is 12.0. The molecule has 0 fully saturated rings. The average molecular weight is 317 g/mol. The summed E-state index contributed by atoms with van der Waals surface area (Å²) in [6, 6.07) is 6.29. The second-order valence-corrected chi connectivity index (χ2v) is 5.40. The molecular weight excluding hydrogens is 298 g/mol. The smallest absolute Gasteiger partial charge is 0.336 e. The minimum absolute atomic E-state index is 0.00472. The highest BCUT2D eigenvalue weighted by Crippen LogP contribution is 2.22. The molecule has 1 aromatic heterocycles. The molecule has 0 saturated heterocycles. The highest BCUT2D eigenvalue weighted by atomic mass is 16.5. The van der Waals surface area contributed by atoms with Gasteiger partial charge in [-0.3, -0.25) is 9.59 Å². The van der Waals surface area contributed by atoms with E-state index in [1.54, 1.807) is 25.1 Å². The zero-order chi connectivity index (χ0) is 17.0. The summed E-state index contributed by atoms with van der Waals surface area (Å²) in [6.07, 6.45) is 0.691. The van der Waals surface area contributed by atoms with E-state index in [2.05, 4.69) is 5.32 Å². The summed E-state index contributed by atoms with van der Waals surface area (Å²) < 4.78 is 10.4. The van der Waals surface area contributed by atoms with Crippen LogP contribution >= 0.6 is 0 Å². The van der Waals surface area contributed by atoms with Crippen LogP contribution < -0.4 is 10.9 Å². The molecule has 0 bridgehead atoms. The van der Waals surface area contributed by atoms with Crippen LogP contribution in [-0.2, 0) is 20.9 Å². The Morgan fingerprint density at radius 2 is 2.04 bits per heavy atom. The zero-order valence-electron chi connectivity index (χ0n) is 13.3. The van der Waals surface area contributed by atoms with Gasteiger partial charge in [0.1, 0.15) is 12.2 Å². The first-order valence-corrected chi connectivity index (χ1v) is 7.41. The van der Waals surface area contributed by atoms with Crippen molar-refractivity contribution in [1.29, 1.82) is 0 Å². The number of carbonyl (C=O) groups excluding carboxylic acids is 2. The van der Waals surface area contributed by atoms with Gasteiger partial charge in [-0.2, -0.15) is 0 Å². The lowest BCUT2D eigenvalue weighted by atomic mass is 10.1. The van der Waals surface area contributed by atoms with Crippen molar-refractivity contribution in [3.63, 3.8) is 0 Å². The van der Waals surface area contributed by atoms with Crippen molar-refractivity contribution in [2.24, 2.45) is 5.92 Å². The molecule has 1 N–H and O–H groups in total. The maximum absolute atomic E-state index is 11.8. The van der Waals surface area contributed by atoms with Crippen molar-refractivity contribution in [2.45, 2.75) is 33.8 Å². The number of hydrogen-bond donors (Lipinski definition) is 1. The van der Waals surface area contributed by atoms with Gasteiger partial charge in [-0.25, -0.2) is 4.79 Å². The van der Waals surface area contributed by atoms with E-state index in [0.29, 0.717) is 28.6 Å². The van der Waals surface area contributed by atoms with Gasteiger partial charge in [-0.05, 0) is 18.6 Å². The number of esters is 1. The van der Waals surface area contributed by atoms with Gasteiger partial charge in [0.05, 0.1) is 5.92 Å². The summed E-state index contributed by atoms with van der Waals surface area (Å²) in [5, 5.41) is 3.28. The Labute approximate surface area is 133 Å². The van der Waals surface area contributed by atoms with Crippen molar-refractivity contribution in [3.8, 4) is 0 Å². The first-order valence-electron chi connectivity index (χ1n) is 7.41. The van der Waals surface area contributed by atoms with E-state index < -0.39 is 5.63 Å². The molecule has 1 amide bonds. The van der Waals surface area contributed by atoms with Crippen molar-refractivity contribution in [1.82, 2.24) is 0 Å². The van der Waals surface area contributed by atoms with Crippen molar-refractivity contribution in [3.05, 3.63) is 40.2 Å². The summed E-state index contributed by atoms with van der Waals surface area (Å²) in [5.41, 5.74) is 0.898. The number of anilines is 1. The summed E-state index contributed by atoms with van der Waals surface area (Å²) >= 11 is 0. The molecule has 0 aliphatic carbocycles. The molecule has 0 saturated carbocycles. The van der Waals surface area contributed by atoms with Gasteiger partial charge in [0.2, 0.25) is 5.91 Å². The van der Waals surface area contributed by atoms with Gasteiger partial charge in [0, 0.05) is 35.7 Å². The quantitative estimate of drug-likeness (QED) is 0.677. The predicted molar refractivity (Wildman–Crippen MR) is 86.0 cm³/mol. The minimum Gasteiger partial charge on any atom is -0.461 e. The molecule has 0 aliphatic heterocycles. The Kier molecular flexibility index (Phi) is 5.16. The topological polar surface area (TPSA) is 85.6 Å². The average Bonchev–Trinajstić information content (AvgIpc) is 2.50. The molecule has 1 aromatic carbocycles. The number of carbonyl (C=O) groups is 2. The first-order chi connectivity index (χ1) is 10.9. The van der Waals surface area contributed by atoms with E-state index in [9.17, 15) is 14.4 Å². The lowest BCUT2D eigenvalue weighted by molar-refractivity contribution is -0.149. The fourth-order valence-corrected chi connectivity index (χ4v) is 2.09. The van der Waals surface area contributed by atoms with Crippen molar-refractivity contribution < 1.29 is 18.7 Å². The largest absolute Gasteiger partial charge is 0.461 e. The van der Waals surface area contributed by atoms with Gasteiger partial charge in [0.25, 0.3) is 0 Å². The molecule has 0 radical (unpaired) electrons. The molecule has 6 heteroatoms. The fourth-order valence-electron chi connectivity index (χ4n) is 2.09. The van der Waals surface area contributed by atoms with Crippen molar-refractivity contribution >= 4 is 28.5 Å². The second kappa shape index (κ2) is 7.09. The number of nitrogens with one attached hydrogen (secondary N) is 1. The maximum Gasteiger partial charge on any atom is 0.336 e. The lowest BCUT2D eigenvalue weighted by Crippen LogP contribution is -2.14. The van der Waals surface area contributed by atoms with Crippen LogP contribution in [0.15, 0.2) is 33.5 Å². The molecule has 0 aliphatic rings. The van der Waals surface area contributed by atoms with Crippen LogP contribution in [0, 0.1) is 5.92 Å². The number of fused-ring (bicyclic) bond motifs is 1. The van der Waals surface area contributed by atoms with E-state index in [0.717, 1.165) is 0 Å². The molecule has 6 nitrogen and oxygen atoms in total. The van der Waals surface area contributed by atoms with E-state index in [1.807, 2.05) is 6.92 Å². The van der Waals surface area contributed by atoms with Crippen LogP contribution in [0.25, 0.3) is 11.0 Å². The highest BCUT2D eigenvalue weighted by molar-refractivity contribution is 5.92. The number of benzene rings is 1. The Morgan fingerprint density at radius 1 is 1.30 bits per heavy atom. The van der Waals surface area contributed by atoms with Crippen LogP contribution in [0.4, 0.5) is 5.69 Å². The Hall–Kier alpha value is -2.63. The van der Waals surface area contributed by atoms with Crippen LogP contribution in [0.5, 0.6) is 0 Å². The van der Waals surface area contributed by atoms with Gasteiger partial charge < -0.3 is 14.5 Å². The number of rotatable bonds is 5. The summed E-state index contributed by atoms with van der Waals surface area (Å²) in [4.78, 5) is 34.5. The van der Waals surface area contributed by atoms with Crippen LogP contribution in [-0.4, -0.2) is 11.9 Å². The Morgan fingerprint density at radius 3 is 2.70 bits per heavy atom. The van der Waals surface area contributed by atoms with Gasteiger partial charge >= 0.3 is 11.6 Å². The van der Waals surface area contributed by atoms with E-state index in [4.69, 9.17) is 9.15 Å². The third-order valence-corrected chi connectivity index (χ3v) is 3.54. The predicted octanol–water partition coefficient (Wildman–Crippen LogP) is 2.84. The third-order valence-electron chi connectivity index (χ3n) is 3.54. The van der Waals surface area contributed by atoms with Gasteiger partial charge in [-0.15, -0.1) is 0 Å². The molecule has 0 spiro atoms. The van der Waals surface area contributed by atoms with Crippen LogP contribution in [0.2, 0.25) is 0 Å². The molecule has 2 rings (SSSR count).